The highest BCUT2D eigenvalue weighted by Crippen LogP contribution is 2.37. The number of carboxylic acids is 1. The molecule has 2 N–H and O–H groups in total. The summed E-state index contributed by atoms with van der Waals surface area (Å²) in [7, 11) is 1.49. The molecule has 0 fully saturated rings. The van der Waals surface area contributed by atoms with Crippen molar-refractivity contribution in [2.75, 3.05) is 23.9 Å². The molecule has 0 radical (unpaired) electrons. The van der Waals surface area contributed by atoms with Crippen molar-refractivity contribution in [3.8, 4) is 5.75 Å². The lowest BCUT2D eigenvalue weighted by atomic mass is 9.99. The van der Waals surface area contributed by atoms with Crippen molar-refractivity contribution < 1.29 is 19.0 Å². The highest BCUT2D eigenvalue weighted by Gasteiger charge is 2.18. The molecule has 2 heterocycles. The van der Waals surface area contributed by atoms with Crippen LogP contribution < -0.4 is 10.1 Å². The van der Waals surface area contributed by atoms with Crippen molar-refractivity contribution in [2.24, 2.45) is 0 Å². The highest BCUT2D eigenvalue weighted by atomic mass is 32.2. The number of ether oxygens (including phenoxy) is 1. The van der Waals surface area contributed by atoms with Crippen molar-refractivity contribution in [3.63, 3.8) is 0 Å². The summed E-state index contributed by atoms with van der Waals surface area (Å²) in [6.45, 7) is 0. The summed E-state index contributed by atoms with van der Waals surface area (Å²) in [4.78, 5) is 16.3. The fourth-order valence-electron chi connectivity index (χ4n) is 3.39. The number of hydrogen-bond acceptors (Lipinski definition) is 5. The van der Waals surface area contributed by atoms with E-state index in [9.17, 15) is 14.3 Å². The van der Waals surface area contributed by atoms with Gasteiger partial charge in [0.1, 0.15) is 11.6 Å². The number of allylic oxidation sites excluding steroid dienone is 1. The highest BCUT2D eigenvalue weighted by molar-refractivity contribution is 7.99. The minimum absolute atomic E-state index is 0.0739. The molecule has 0 bridgehead atoms. The van der Waals surface area contributed by atoms with Crippen LogP contribution in [0, 0.1) is 5.82 Å². The Morgan fingerprint density at radius 1 is 1.28 bits per heavy atom. The number of carbonyl (C=O) groups is 1. The Labute approximate surface area is 171 Å². The van der Waals surface area contributed by atoms with E-state index < -0.39 is 5.97 Å². The van der Waals surface area contributed by atoms with Crippen LogP contribution in [-0.4, -0.2) is 34.7 Å². The maximum Gasteiger partial charge on any atom is 0.337 e. The molecular weight excluding hydrogens is 391 g/mol. The lowest BCUT2D eigenvalue weighted by Crippen LogP contribution is -2.06. The van der Waals surface area contributed by atoms with E-state index in [4.69, 9.17) is 4.74 Å². The lowest BCUT2D eigenvalue weighted by molar-refractivity contribution is 0.0697. The zero-order chi connectivity index (χ0) is 20.4. The maximum atomic E-state index is 14.1. The number of hydrogen-bond donors (Lipinski definition) is 2. The van der Waals surface area contributed by atoms with E-state index >= 15 is 0 Å². The Balaban J connectivity index is 1.91. The van der Waals surface area contributed by atoms with E-state index in [1.807, 2.05) is 11.8 Å². The predicted octanol–water partition coefficient (Wildman–Crippen LogP) is 5.34. The molecule has 5 nitrogen and oxygen atoms in total. The topological polar surface area (TPSA) is 71.5 Å². The molecular formula is C22H19FN2O3S. The summed E-state index contributed by atoms with van der Waals surface area (Å²) in [5.74, 6) is 0.895. The third-order valence-corrected chi connectivity index (χ3v) is 5.75. The van der Waals surface area contributed by atoms with Crippen LogP contribution in [0.2, 0.25) is 0 Å². The summed E-state index contributed by atoms with van der Waals surface area (Å²) in [5, 5.41) is 13.5. The third-order valence-electron chi connectivity index (χ3n) is 4.86. The van der Waals surface area contributed by atoms with Gasteiger partial charge in [0.2, 0.25) is 0 Å². The van der Waals surface area contributed by atoms with Crippen LogP contribution in [0.15, 0.2) is 48.7 Å². The van der Waals surface area contributed by atoms with E-state index in [1.165, 1.54) is 25.3 Å². The predicted molar refractivity (Wildman–Crippen MR) is 115 cm³/mol. The third kappa shape index (κ3) is 3.91. The number of rotatable bonds is 5. The molecule has 0 amide bonds. The number of nitrogens with one attached hydrogen (secondary N) is 1. The van der Waals surface area contributed by atoms with Crippen LogP contribution in [0.5, 0.6) is 5.75 Å². The zero-order valence-electron chi connectivity index (χ0n) is 15.7. The van der Waals surface area contributed by atoms with Gasteiger partial charge in [-0.25, -0.2) is 9.18 Å². The Morgan fingerprint density at radius 3 is 2.86 bits per heavy atom. The molecule has 2 aromatic carbocycles. The van der Waals surface area contributed by atoms with Crippen LogP contribution in [-0.2, 0) is 0 Å². The van der Waals surface area contributed by atoms with Gasteiger partial charge >= 0.3 is 5.97 Å². The molecule has 148 valence electrons. The second-order valence-electron chi connectivity index (χ2n) is 6.60. The Hall–Kier alpha value is -3.06. The van der Waals surface area contributed by atoms with Gasteiger partial charge in [-0.15, -0.1) is 0 Å². The number of carboxylic acid groups (broad SMARTS) is 1. The van der Waals surface area contributed by atoms with E-state index in [-0.39, 0.29) is 11.4 Å². The maximum absolute atomic E-state index is 14.1. The SMILES string of the molecule is COc1ccc(Nc2c(C3=CCSCC3)cnc3ccc(F)cc23)c(C(=O)O)c1. The fourth-order valence-corrected chi connectivity index (χ4v) is 4.24. The summed E-state index contributed by atoms with van der Waals surface area (Å²) in [5.41, 5.74) is 3.74. The number of aromatic carboxylic acids is 1. The lowest BCUT2D eigenvalue weighted by Gasteiger charge is -2.20. The first kappa shape index (κ1) is 19.3. The van der Waals surface area contributed by atoms with E-state index in [2.05, 4.69) is 16.4 Å². The van der Waals surface area contributed by atoms with Crippen LogP contribution in [0.1, 0.15) is 22.3 Å². The molecule has 0 saturated carbocycles. The molecule has 1 aromatic heterocycles. The normalized spacial score (nSPS) is 13.8. The minimum atomic E-state index is -1.08. The van der Waals surface area contributed by atoms with Crippen LogP contribution >= 0.6 is 11.8 Å². The molecule has 7 heteroatoms. The largest absolute Gasteiger partial charge is 0.497 e. The van der Waals surface area contributed by atoms with Gasteiger partial charge < -0.3 is 15.2 Å². The zero-order valence-corrected chi connectivity index (χ0v) is 16.6. The van der Waals surface area contributed by atoms with Crippen LogP contribution in [0.4, 0.5) is 15.8 Å². The molecule has 0 aliphatic carbocycles. The minimum Gasteiger partial charge on any atom is -0.497 e. The number of benzene rings is 2. The molecule has 3 aromatic rings. The number of fused-ring (bicyclic) bond motifs is 1. The number of thioether (sulfide) groups is 1. The quantitative estimate of drug-likeness (QED) is 0.591. The Kier molecular flexibility index (Phi) is 5.40. The summed E-state index contributed by atoms with van der Waals surface area (Å²) < 4.78 is 19.2. The molecule has 29 heavy (non-hydrogen) atoms. The first-order valence-corrected chi connectivity index (χ1v) is 10.3. The van der Waals surface area contributed by atoms with Crippen LogP contribution in [0.3, 0.4) is 0 Å². The molecule has 0 atom stereocenters. The smallest absolute Gasteiger partial charge is 0.337 e. The molecule has 1 aliphatic rings. The second kappa shape index (κ2) is 8.13. The molecule has 0 saturated heterocycles. The molecule has 1 aliphatic heterocycles. The Bertz CT molecular complexity index is 1130. The fraction of sp³-hybridized carbons (Fsp3) is 0.182. The van der Waals surface area contributed by atoms with Gasteiger partial charge in [0.15, 0.2) is 0 Å². The van der Waals surface area contributed by atoms with Crippen molar-refractivity contribution >= 4 is 45.6 Å². The number of nitrogens with zero attached hydrogens (tertiary/aromatic N) is 1. The van der Waals surface area contributed by atoms with Crippen molar-refractivity contribution in [1.82, 2.24) is 4.98 Å². The second-order valence-corrected chi connectivity index (χ2v) is 7.75. The van der Waals surface area contributed by atoms with Gasteiger partial charge in [-0.3, -0.25) is 4.98 Å². The Morgan fingerprint density at radius 2 is 2.14 bits per heavy atom. The molecule has 0 unspecified atom stereocenters. The first-order valence-electron chi connectivity index (χ1n) is 9.10. The van der Waals surface area contributed by atoms with Crippen LogP contribution in [0.25, 0.3) is 16.5 Å². The van der Waals surface area contributed by atoms with E-state index in [0.717, 1.165) is 29.1 Å². The van der Waals surface area contributed by atoms with E-state index in [1.54, 1.807) is 24.4 Å². The number of halogens is 1. The monoisotopic (exact) mass is 410 g/mol. The average molecular weight is 410 g/mol. The van der Waals surface area contributed by atoms with Crippen molar-refractivity contribution in [1.29, 1.82) is 0 Å². The number of methoxy groups -OCH3 is 1. The standard InChI is InChI=1S/C22H19FN2O3S/c1-28-15-3-5-20(17(11-15)22(26)27)25-21-16-10-14(23)2-4-19(16)24-12-18(21)13-6-8-29-9-7-13/h2-6,10-12H,7-9H2,1H3,(H,24,25)(H,26,27). The number of aromatic nitrogens is 1. The molecule has 4 rings (SSSR count). The summed E-state index contributed by atoms with van der Waals surface area (Å²) in [6.07, 6.45) is 4.79. The van der Waals surface area contributed by atoms with E-state index in [0.29, 0.717) is 28.0 Å². The summed E-state index contributed by atoms with van der Waals surface area (Å²) >= 11 is 1.85. The van der Waals surface area contributed by atoms with Gasteiger partial charge in [0, 0.05) is 22.9 Å². The number of pyridine rings is 1. The van der Waals surface area contributed by atoms with Crippen molar-refractivity contribution in [2.45, 2.75) is 6.42 Å². The van der Waals surface area contributed by atoms with Gasteiger partial charge in [0.05, 0.1) is 29.6 Å². The van der Waals surface area contributed by atoms with Gasteiger partial charge in [-0.05, 0) is 54.1 Å². The van der Waals surface area contributed by atoms with Crippen molar-refractivity contribution in [3.05, 3.63) is 65.6 Å². The average Bonchev–Trinajstić information content (AvgIpc) is 2.74. The molecule has 0 spiro atoms. The van der Waals surface area contributed by atoms with Gasteiger partial charge in [-0.1, -0.05) is 6.08 Å². The summed E-state index contributed by atoms with van der Waals surface area (Å²) in [6, 6.07) is 9.22. The first-order chi connectivity index (χ1) is 14.1. The van der Waals surface area contributed by atoms with Gasteiger partial charge in [-0.2, -0.15) is 11.8 Å². The number of anilines is 2. The van der Waals surface area contributed by atoms with Gasteiger partial charge in [0.25, 0.3) is 0 Å².